The largest absolute Gasteiger partial charge is 0.212 e. The van der Waals surface area contributed by atoms with Crippen LogP contribution in [-0.4, -0.2) is 31.5 Å². The Morgan fingerprint density at radius 2 is 1.75 bits per heavy atom. The number of hydrogen-bond acceptors (Lipinski definition) is 2. The molecule has 114 valence electrons. The highest BCUT2D eigenvalue weighted by Crippen LogP contribution is 2.20. The van der Waals surface area contributed by atoms with Crippen molar-refractivity contribution in [3.8, 4) is 0 Å². The Morgan fingerprint density at radius 1 is 1.20 bits per heavy atom. The zero-order valence-electron chi connectivity index (χ0n) is 11.8. The number of sulfonamides is 1. The Labute approximate surface area is 131 Å². The molecule has 0 aliphatic rings. The van der Waals surface area contributed by atoms with Gasteiger partial charge in [-0.3, -0.25) is 0 Å². The average molecular weight is 338 g/mol. The molecule has 1 aromatic rings. The van der Waals surface area contributed by atoms with Crippen LogP contribution in [0.15, 0.2) is 30.3 Å². The Morgan fingerprint density at radius 3 is 2.20 bits per heavy atom. The van der Waals surface area contributed by atoms with Crippen molar-refractivity contribution >= 4 is 33.2 Å². The highest BCUT2D eigenvalue weighted by Gasteiger charge is 2.32. The topological polar surface area (TPSA) is 46.2 Å². The Bertz CT molecular complexity index is 493. The van der Waals surface area contributed by atoms with E-state index in [9.17, 15) is 8.42 Å². The maximum atomic E-state index is 12.3. The zero-order valence-corrected chi connectivity index (χ0v) is 14.1. The molecule has 0 saturated heterocycles. The van der Waals surface area contributed by atoms with Gasteiger partial charge in [-0.05, 0) is 17.9 Å². The number of nitrogens with one attached hydrogen (secondary N) is 1. The molecule has 20 heavy (non-hydrogen) atoms. The van der Waals surface area contributed by atoms with Crippen LogP contribution in [0.25, 0.3) is 0 Å². The summed E-state index contributed by atoms with van der Waals surface area (Å²) < 4.78 is 27.2. The van der Waals surface area contributed by atoms with Gasteiger partial charge in [0.1, 0.15) is 0 Å². The van der Waals surface area contributed by atoms with Crippen LogP contribution in [0.4, 0.5) is 0 Å². The zero-order chi connectivity index (χ0) is 15.2. The molecule has 1 aromatic carbocycles. The van der Waals surface area contributed by atoms with Gasteiger partial charge in [0.2, 0.25) is 10.0 Å². The summed E-state index contributed by atoms with van der Waals surface area (Å²) in [6, 6.07) is 9.57. The average Bonchev–Trinajstić information content (AvgIpc) is 2.45. The third kappa shape index (κ3) is 4.92. The van der Waals surface area contributed by atoms with Crippen molar-refractivity contribution in [3.63, 3.8) is 0 Å². The lowest BCUT2D eigenvalue weighted by Gasteiger charge is -2.29. The van der Waals surface area contributed by atoms with E-state index in [1.165, 1.54) is 0 Å². The summed E-state index contributed by atoms with van der Waals surface area (Å²) in [5, 5.41) is 0. The van der Waals surface area contributed by atoms with E-state index in [0.717, 1.165) is 5.56 Å². The molecule has 0 bridgehead atoms. The lowest BCUT2D eigenvalue weighted by molar-refractivity contribution is 0.448. The molecule has 0 aromatic heterocycles. The van der Waals surface area contributed by atoms with E-state index in [0.29, 0.717) is 6.42 Å². The summed E-state index contributed by atoms with van der Waals surface area (Å²) >= 11 is 11.7. The smallest absolute Gasteiger partial charge is 0.212 e. The maximum absolute atomic E-state index is 12.3. The third-order valence-electron chi connectivity index (χ3n) is 3.40. The fourth-order valence-corrected chi connectivity index (χ4v) is 4.77. The molecular formula is C14H21Cl2NO2S. The quantitative estimate of drug-likeness (QED) is 0.739. The van der Waals surface area contributed by atoms with Gasteiger partial charge in [0.05, 0.1) is 11.3 Å². The molecule has 0 spiro atoms. The summed E-state index contributed by atoms with van der Waals surface area (Å²) in [5.74, 6) is 0.249. The van der Waals surface area contributed by atoms with Crippen LogP contribution in [0.5, 0.6) is 0 Å². The summed E-state index contributed by atoms with van der Waals surface area (Å²) in [4.78, 5) is 0. The second-order valence-corrected chi connectivity index (χ2v) is 7.40. The normalized spacial score (nSPS) is 14.2. The van der Waals surface area contributed by atoms with Crippen molar-refractivity contribution in [1.82, 2.24) is 4.72 Å². The minimum atomic E-state index is -3.44. The molecular weight excluding hydrogens is 317 g/mol. The van der Waals surface area contributed by atoms with Crippen molar-refractivity contribution in [2.75, 3.05) is 17.5 Å². The maximum Gasteiger partial charge on any atom is 0.212 e. The van der Waals surface area contributed by atoms with Gasteiger partial charge in [-0.25, -0.2) is 13.1 Å². The van der Waals surface area contributed by atoms with Gasteiger partial charge in [-0.1, -0.05) is 44.2 Å². The Kier molecular flexibility index (Phi) is 6.79. The molecule has 1 N–H and O–H groups in total. The number of benzene rings is 1. The number of halogens is 2. The minimum absolute atomic E-state index is 0.0204. The van der Waals surface area contributed by atoms with Crippen molar-refractivity contribution in [3.05, 3.63) is 35.9 Å². The molecule has 0 saturated carbocycles. The van der Waals surface area contributed by atoms with Crippen LogP contribution in [0.2, 0.25) is 0 Å². The fourth-order valence-electron chi connectivity index (χ4n) is 1.93. The van der Waals surface area contributed by atoms with Crippen LogP contribution >= 0.6 is 23.2 Å². The molecule has 0 amide bonds. The second kappa shape index (κ2) is 7.64. The van der Waals surface area contributed by atoms with Gasteiger partial charge in [0, 0.05) is 11.8 Å². The first kappa shape index (κ1) is 17.8. The molecule has 1 rings (SSSR count). The van der Waals surface area contributed by atoms with E-state index in [1.54, 1.807) is 0 Å². The van der Waals surface area contributed by atoms with E-state index in [4.69, 9.17) is 23.2 Å². The van der Waals surface area contributed by atoms with Crippen LogP contribution in [-0.2, 0) is 10.0 Å². The highest BCUT2D eigenvalue weighted by atomic mass is 35.5. The molecule has 0 aliphatic carbocycles. The van der Waals surface area contributed by atoms with Crippen molar-refractivity contribution in [2.45, 2.75) is 31.7 Å². The van der Waals surface area contributed by atoms with Crippen molar-refractivity contribution in [1.29, 1.82) is 0 Å². The SMILES string of the molecule is CCC(CCl)(CCl)NS(=O)(=O)CC(C)c1ccccc1. The number of rotatable bonds is 8. The third-order valence-corrected chi connectivity index (χ3v) is 6.10. The van der Waals surface area contributed by atoms with E-state index in [2.05, 4.69) is 4.72 Å². The molecule has 0 fully saturated rings. The summed E-state index contributed by atoms with van der Waals surface area (Å²) in [6.07, 6.45) is 0.555. The van der Waals surface area contributed by atoms with Gasteiger partial charge in [0.25, 0.3) is 0 Å². The molecule has 1 atom stereocenters. The van der Waals surface area contributed by atoms with Crippen molar-refractivity contribution in [2.24, 2.45) is 0 Å². The van der Waals surface area contributed by atoms with Crippen molar-refractivity contribution < 1.29 is 8.42 Å². The monoisotopic (exact) mass is 337 g/mol. The standard InChI is InChI=1S/C14H21Cl2NO2S/c1-3-14(10-15,11-16)17-20(18,19)9-12(2)13-7-5-4-6-8-13/h4-8,12,17H,3,9-11H2,1-2H3. The Balaban J connectivity index is 2.80. The molecule has 1 unspecified atom stereocenters. The van der Waals surface area contributed by atoms with Gasteiger partial charge >= 0.3 is 0 Å². The molecule has 0 radical (unpaired) electrons. The molecule has 0 aliphatic heterocycles. The molecule has 3 nitrogen and oxygen atoms in total. The van der Waals surface area contributed by atoms with Gasteiger partial charge in [0.15, 0.2) is 0 Å². The first-order valence-corrected chi connectivity index (χ1v) is 9.28. The predicted octanol–water partition coefficient (Wildman–Crippen LogP) is 3.34. The van der Waals surface area contributed by atoms with Crippen LogP contribution in [0, 0.1) is 0 Å². The fraction of sp³-hybridized carbons (Fsp3) is 0.571. The predicted molar refractivity (Wildman–Crippen MR) is 86.2 cm³/mol. The Hall–Kier alpha value is -0.290. The van der Waals surface area contributed by atoms with E-state index in [1.807, 2.05) is 44.2 Å². The molecule has 0 heterocycles. The number of alkyl halides is 2. The van der Waals surface area contributed by atoms with Crippen LogP contribution in [0.3, 0.4) is 0 Å². The van der Waals surface area contributed by atoms with E-state index >= 15 is 0 Å². The lowest BCUT2D eigenvalue weighted by atomic mass is 10.0. The second-order valence-electron chi connectivity index (χ2n) is 5.10. The highest BCUT2D eigenvalue weighted by molar-refractivity contribution is 7.89. The van der Waals surface area contributed by atoms with Gasteiger partial charge in [-0.15, -0.1) is 23.2 Å². The van der Waals surface area contributed by atoms with Crippen LogP contribution < -0.4 is 4.72 Å². The van der Waals surface area contributed by atoms with Gasteiger partial charge < -0.3 is 0 Å². The summed E-state index contributed by atoms with van der Waals surface area (Å²) in [6.45, 7) is 3.76. The summed E-state index contributed by atoms with van der Waals surface area (Å²) in [5.41, 5.74) is 0.231. The first-order valence-electron chi connectivity index (χ1n) is 6.56. The van der Waals surface area contributed by atoms with E-state index in [-0.39, 0.29) is 23.4 Å². The molecule has 6 heteroatoms. The first-order chi connectivity index (χ1) is 9.38. The lowest BCUT2D eigenvalue weighted by Crippen LogP contribution is -2.52. The minimum Gasteiger partial charge on any atom is -0.212 e. The van der Waals surface area contributed by atoms with E-state index < -0.39 is 15.6 Å². The van der Waals surface area contributed by atoms with Gasteiger partial charge in [-0.2, -0.15) is 0 Å². The number of hydrogen-bond donors (Lipinski definition) is 1. The van der Waals surface area contributed by atoms with Crippen LogP contribution in [0.1, 0.15) is 31.7 Å². The summed E-state index contributed by atoms with van der Waals surface area (Å²) in [7, 11) is -3.44.